The number of amides is 3. The van der Waals surface area contributed by atoms with Crippen LogP contribution in [0.25, 0.3) is 10.4 Å². The van der Waals surface area contributed by atoms with E-state index in [1.165, 1.54) is 16.2 Å². The van der Waals surface area contributed by atoms with Crippen LogP contribution in [0.15, 0.2) is 18.3 Å². The number of halogens is 1. The highest BCUT2D eigenvalue weighted by Crippen LogP contribution is 2.35. The van der Waals surface area contributed by atoms with Crippen LogP contribution < -0.4 is 11.1 Å². The number of pyridine rings is 1. The van der Waals surface area contributed by atoms with Gasteiger partial charge in [0.15, 0.2) is 5.13 Å². The summed E-state index contributed by atoms with van der Waals surface area (Å²) in [5, 5.41) is 3.23. The maximum absolute atomic E-state index is 13.4. The maximum atomic E-state index is 13.4. The third kappa shape index (κ3) is 3.96. The molecule has 0 unspecified atom stereocenters. The predicted octanol–water partition coefficient (Wildman–Crippen LogP) is 3.63. The SMILES string of the molecule is Cc1nc(NC(=O)N2CCC[C@@]2(C)C(N)=O)sc1-c1ccnc(C(C)(C)CF)c1. The molecule has 0 aromatic carbocycles. The van der Waals surface area contributed by atoms with Crippen molar-refractivity contribution in [1.29, 1.82) is 0 Å². The number of urea groups is 1. The van der Waals surface area contributed by atoms with Gasteiger partial charge in [0.05, 0.1) is 10.6 Å². The van der Waals surface area contributed by atoms with Crippen molar-refractivity contribution in [2.75, 3.05) is 18.5 Å². The molecule has 29 heavy (non-hydrogen) atoms. The molecular weight excluding hydrogens is 393 g/mol. The van der Waals surface area contributed by atoms with Crippen LogP contribution in [0.1, 0.15) is 45.0 Å². The van der Waals surface area contributed by atoms with E-state index >= 15 is 0 Å². The molecule has 7 nitrogen and oxygen atoms in total. The van der Waals surface area contributed by atoms with E-state index in [-0.39, 0.29) is 0 Å². The van der Waals surface area contributed by atoms with Crippen LogP contribution in [0.2, 0.25) is 0 Å². The number of carbonyl (C=O) groups excluding carboxylic acids is 2. The van der Waals surface area contributed by atoms with Crippen molar-refractivity contribution in [1.82, 2.24) is 14.9 Å². The van der Waals surface area contributed by atoms with Gasteiger partial charge in [-0.3, -0.25) is 19.5 Å². The summed E-state index contributed by atoms with van der Waals surface area (Å²) in [5.74, 6) is -0.513. The molecule has 3 amide bonds. The first kappa shape index (κ1) is 21.2. The maximum Gasteiger partial charge on any atom is 0.324 e. The lowest BCUT2D eigenvalue weighted by Crippen LogP contribution is -2.55. The Morgan fingerprint density at radius 3 is 2.83 bits per heavy atom. The number of nitrogens with two attached hydrogens (primary N) is 1. The van der Waals surface area contributed by atoms with Gasteiger partial charge in [-0.1, -0.05) is 25.2 Å². The van der Waals surface area contributed by atoms with E-state index in [4.69, 9.17) is 5.73 Å². The summed E-state index contributed by atoms with van der Waals surface area (Å²) in [4.78, 5) is 35.7. The zero-order chi connectivity index (χ0) is 21.4. The molecule has 1 aliphatic heterocycles. The normalized spacial score (nSPS) is 19.4. The van der Waals surface area contributed by atoms with Gasteiger partial charge in [0.2, 0.25) is 5.91 Å². The first-order chi connectivity index (χ1) is 13.6. The Kier molecular flexibility index (Phi) is 5.62. The quantitative estimate of drug-likeness (QED) is 0.773. The van der Waals surface area contributed by atoms with Crippen LogP contribution in [-0.4, -0.2) is 45.6 Å². The van der Waals surface area contributed by atoms with Crippen LogP contribution in [0.4, 0.5) is 14.3 Å². The van der Waals surface area contributed by atoms with Crippen LogP contribution in [0.5, 0.6) is 0 Å². The predicted molar refractivity (Wildman–Crippen MR) is 112 cm³/mol. The monoisotopic (exact) mass is 419 g/mol. The molecule has 0 bridgehead atoms. The van der Waals surface area contributed by atoms with E-state index in [2.05, 4.69) is 15.3 Å². The fourth-order valence-electron chi connectivity index (χ4n) is 3.43. The zero-order valence-corrected chi connectivity index (χ0v) is 17.9. The van der Waals surface area contributed by atoms with Gasteiger partial charge < -0.3 is 10.6 Å². The second-order valence-corrected chi connectivity index (χ2v) is 9.20. The molecule has 2 aromatic heterocycles. The van der Waals surface area contributed by atoms with Crippen LogP contribution >= 0.6 is 11.3 Å². The van der Waals surface area contributed by atoms with Gasteiger partial charge in [-0.2, -0.15) is 0 Å². The number of primary amides is 1. The van der Waals surface area contributed by atoms with Crippen molar-refractivity contribution in [2.24, 2.45) is 5.73 Å². The Morgan fingerprint density at radius 1 is 1.45 bits per heavy atom. The molecule has 0 spiro atoms. The Morgan fingerprint density at radius 2 is 2.17 bits per heavy atom. The molecule has 3 rings (SSSR count). The number of carbonyl (C=O) groups is 2. The fraction of sp³-hybridized carbons (Fsp3) is 0.500. The Labute approximate surface area is 173 Å². The number of likely N-dealkylation sites (tertiary alicyclic amines) is 1. The lowest BCUT2D eigenvalue weighted by Gasteiger charge is -2.31. The number of rotatable bonds is 5. The summed E-state index contributed by atoms with van der Waals surface area (Å²) >= 11 is 1.33. The number of alkyl halides is 1. The van der Waals surface area contributed by atoms with E-state index < -0.39 is 29.6 Å². The number of hydrogen-bond donors (Lipinski definition) is 2. The smallest absolute Gasteiger partial charge is 0.324 e. The number of aryl methyl sites for hydroxylation is 1. The Bertz CT molecular complexity index is 945. The zero-order valence-electron chi connectivity index (χ0n) is 17.1. The van der Waals surface area contributed by atoms with Gasteiger partial charge in [0.25, 0.3) is 0 Å². The molecule has 0 saturated carbocycles. The molecule has 2 aromatic rings. The summed E-state index contributed by atoms with van der Waals surface area (Å²) < 4.78 is 13.4. The second kappa shape index (κ2) is 7.70. The number of nitrogens with zero attached hydrogens (tertiary/aromatic N) is 3. The van der Waals surface area contributed by atoms with E-state index in [0.717, 1.165) is 22.6 Å². The minimum Gasteiger partial charge on any atom is -0.368 e. The highest BCUT2D eigenvalue weighted by atomic mass is 32.1. The first-order valence-electron chi connectivity index (χ1n) is 9.47. The molecule has 3 N–H and O–H groups in total. The molecule has 1 atom stereocenters. The topological polar surface area (TPSA) is 101 Å². The van der Waals surface area contributed by atoms with Gasteiger partial charge in [-0.15, -0.1) is 0 Å². The van der Waals surface area contributed by atoms with Crippen molar-refractivity contribution < 1.29 is 14.0 Å². The summed E-state index contributed by atoms with van der Waals surface area (Å²) in [5.41, 5.74) is 6.12. The second-order valence-electron chi connectivity index (χ2n) is 8.20. The largest absolute Gasteiger partial charge is 0.368 e. The Hall–Kier alpha value is -2.55. The van der Waals surface area contributed by atoms with Gasteiger partial charge in [0.1, 0.15) is 12.2 Å². The molecule has 3 heterocycles. The van der Waals surface area contributed by atoms with Crippen molar-refractivity contribution >= 4 is 28.4 Å². The van der Waals surface area contributed by atoms with E-state index in [1.54, 1.807) is 27.0 Å². The van der Waals surface area contributed by atoms with Crippen LogP contribution in [-0.2, 0) is 10.2 Å². The number of hydrogen-bond acceptors (Lipinski definition) is 5. The summed E-state index contributed by atoms with van der Waals surface area (Å²) in [6.07, 6.45) is 2.92. The van der Waals surface area contributed by atoms with E-state index in [0.29, 0.717) is 23.8 Å². The average molecular weight is 420 g/mol. The van der Waals surface area contributed by atoms with Crippen LogP contribution in [0, 0.1) is 6.92 Å². The number of thiazole rings is 1. The summed E-state index contributed by atoms with van der Waals surface area (Å²) in [7, 11) is 0. The Balaban J connectivity index is 1.84. The van der Waals surface area contributed by atoms with Gasteiger partial charge in [-0.05, 0) is 44.4 Å². The lowest BCUT2D eigenvalue weighted by atomic mass is 9.89. The average Bonchev–Trinajstić information content (AvgIpc) is 3.25. The van der Waals surface area contributed by atoms with Crippen molar-refractivity contribution in [3.05, 3.63) is 29.7 Å². The third-order valence-electron chi connectivity index (χ3n) is 5.48. The van der Waals surface area contributed by atoms with Crippen molar-refractivity contribution in [2.45, 2.75) is 51.5 Å². The third-order valence-corrected chi connectivity index (χ3v) is 6.60. The van der Waals surface area contributed by atoms with E-state index in [9.17, 15) is 14.0 Å². The molecule has 1 fully saturated rings. The highest BCUT2D eigenvalue weighted by Gasteiger charge is 2.44. The molecule has 1 saturated heterocycles. The molecule has 9 heteroatoms. The first-order valence-corrected chi connectivity index (χ1v) is 10.3. The number of nitrogens with one attached hydrogen (secondary N) is 1. The van der Waals surface area contributed by atoms with E-state index in [1.807, 2.05) is 19.1 Å². The molecular formula is C20H26FN5O2S. The van der Waals surface area contributed by atoms with Crippen LogP contribution in [0.3, 0.4) is 0 Å². The standard InChI is InChI=1S/C20H26FN5O2S/c1-12-15(13-6-8-23-14(10-13)19(2,3)11-21)29-17(24-12)25-18(28)26-9-5-7-20(26,4)16(22)27/h6,8,10H,5,7,9,11H2,1-4H3,(H2,22,27)(H,24,25,28)/t20-/m0/s1. The number of anilines is 1. The molecule has 0 radical (unpaired) electrons. The van der Waals surface area contributed by atoms with Crippen molar-refractivity contribution in [3.8, 4) is 10.4 Å². The van der Waals surface area contributed by atoms with Crippen molar-refractivity contribution in [3.63, 3.8) is 0 Å². The fourth-order valence-corrected chi connectivity index (χ4v) is 4.38. The summed E-state index contributed by atoms with van der Waals surface area (Å²) in [6.45, 7) is 7.10. The molecule has 1 aliphatic rings. The summed E-state index contributed by atoms with van der Waals surface area (Å²) in [6, 6.07) is 3.31. The highest BCUT2D eigenvalue weighted by molar-refractivity contribution is 7.19. The lowest BCUT2D eigenvalue weighted by molar-refractivity contribution is -0.126. The molecule has 156 valence electrons. The molecule has 0 aliphatic carbocycles. The van der Waals surface area contributed by atoms with Gasteiger partial charge >= 0.3 is 6.03 Å². The minimum atomic E-state index is -0.989. The van der Waals surface area contributed by atoms with Gasteiger partial charge in [-0.25, -0.2) is 9.78 Å². The van der Waals surface area contributed by atoms with Gasteiger partial charge in [0, 0.05) is 23.9 Å². The minimum absolute atomic E-state index is 0.391. The number of aromatic nitrogens is 2.